The van der Waals surface area contributed by atoms with Gasteiger partial charge in [0.2, 0.25) is 11.8 Å². The number of nitrogens with zero attached hydrogens (tertiary/aromatic N) is 2. The molecule has 3 rings (SSSR count). The number of sulfonamides is 1. The van der Waals surface area contributed by atoms with E-state index in [2.05, 4.69) is 5.32 Å². The molecule has 2 atom stereocenters. The largest absolute Gasteiger partial charge is 0.497 e. The molecule has 3 aromatic rings. The average Bonchev–Trinajstić information content (AvgIpc) is 2.96. The van der Waals surface area contributed by atoms with Gasteiger partial charge >= 0.3 is 0 Å². The van der Waals surface area contributed by atoms with Gasteiger partial charge in [-0.1, -0.05) is 54.4 Å². The summed E-state index contributed by atoms with van der Waals surface area (Å²) in [6, 6.07) is 17.5. The molecular formula is C31H38ClN3O5S. The van der Waals surface area contributed by atoms with Gasteiger partial charge in [0.15, 0.2) is 0 Å². The van der Waals surface area contributed by atoms with Crippen molar-refractivity contribution in [1.82, 2.24) is 10.2 Å². The van der Waals surface area contributed by atoms with Crippen LogP contribution in [0.5, 0.6) is 5.75 Å². The second-order valence-electron chi connectivity index (χ2n) is 10.1. The molecule has 8 nitrogen and oxygen atoms in total. The van der Waals surface area contributed by atoms with Crippen molar-refractivity contribution >= 4 is 39.1 Å². The minimum Gasteiger partial charge on any atom is -0.497 e. The smallest absolute Gasteiger partial charge is 0.264 e. The van der Waals surface area contributed by atoms with E-state index >= 15 is 0 Å². The molecule has 0 unspecified atom stereocenters. The Labute approximate surface area is 248 Å². The number of ether oxygens (including phenoxy) is 1. The fourth-order valence-electron chi connectivity index (χ4n) is 4.08. The lowest BCUT2D eigenvalue weighted by molar-refractivity contribution is -0.139. The number of hydrogen-bond donors (Lipinski definition) is 1. The Morgan fingerprint density at radius 1 is 0.976 bits per heavy atom. The normalized spacial score (nSPS) is 12.8. The van der Waals surface area contributed by atoms with Gasteiger partial charge in [-0.05, 0) is 81.6 Å². The number of hydrogen-bond acceptors (Lipinski definition) is 5. The summed E-state index contributed by atoms with van der Waals surface area (Å²) >= 11 is 6.38. The number of carbonyl (C=O) groups is 2. The highest BCUT2D eigenvalue weighted by atomic mass is 35.5. The first kappa shape index (κ1) is 32.0. The summed E-state index contributed by atoms with van der Waals surface area (Å²) in [4.78, 5) is 28.6. The van der Waals surface area contributed by atoms with Gasteiger partial charge in [-0.3, -0.25) is 13.9 Å². The molecule has 0 aliphatic heterocycles. The molecule has 0 aromatic heterocycles. The number of anilines is 1. The molecule has 0 fully saturated rings. The van der Waals surface area contributed by atoms with E-state index in [1.54, 1.807) is 62.6 Å². The van der Waals surface area contributed by atoms with Crippen LogP contribution in [0.1, 0.15) is 43.9 Å². The Morgan fingerprint density at radius 3 is 2.17 bits per heavy atom. The lowest BCUT2D eigenvalue weighted by Crippen LogP contribution is -2.52. The Bertz CT molecular complexity index is 1460. The van der Waals surface area contributed by atoms with Gasteiger partial charge in [0.25, 0.3) is 10.0 Å². The first-order valence-electron chi connectivity index (χ1n) is 13.5. The molecule has 0 bridgehead atoms. The predicted molar refractivity (Wildman–Crippen MR) is 163 cm³/mol. The number of methoxy groups -OCH3 is 1. The Kier molecular flexibility index (Phi) is 10.8. The van der Waals surface area contributed by atoms with Crippen LogP contribution in [0.25, 0.3) is 0 Å². The zero-order valence-electron chi connectivity index (χ0n) is 24.3. The molecule has 10 heteroatoms. The molecule has 0 heterocycles. The van der Waals surface area contributed by atoms with Crippen molar-refractivity contribution in [2.24, 2.45) is 0 Å². The van der Waals surface area contributed by atoms with E-state index in [1.807, 2.05) is 27.7 Å². The van der Waals surface area contributed by atoms with Gasteiger partial charge in [0, 0.05) is 17.6 Å². The predicted octanol–water partition coefficient (Wildman–Crippen LogP) is 5.49. The zero-order valence-corrected chi connectivity index (χ0v) is 25.9. The third-order valence-electron chi connectivity index (χ3n) is 7.01. The highest BCUT2D eigenvalue weighted by molar-refractivity contribution is 7.92. The van der Waals surface area contributed by atoms with Crippen LogP contribution in [0.3, 0.4) is 0 Å². The lowest BCUT2D eigenvalue weighted by atomic mass is 10.1. The quantitative estimate of drug-likeness (QED) is 0.297. The molecule has 0 aliphatic rings. The molecule has 0 saturated heterocycles. The molecule has 2 amide bonds. The van der Waals surface area contributed by atoms with Crippen molar-refractivity contribution < 1.29 is 22.7 Å². The summed E-state index contributed by atoms with van der Waals surface area (Å²) in [5, 5.41) is 3.30. The number of aryl methyl sites for hydroxylation is 2. The minimum atomic E-state index is -4.17. The van der Waals surface area contributed by atoms with Crippen molar-refractivity contribution in [1.29, 1.82) is 0 Å². The van der Waals surface area contributed by atoms with Gasteiger partial charge in [-0.15, -0.1) is 0 Å². The Morgan fingerprint density at radius 2 is 1.61 bits per heavy atom. The number of rotatable bonds is 12. The molecule has 0 saturated carbocycles. The number of amides is 2. The maximum atomic E-state index is 14.0. The van der Waals surface area contributed by atoms with Crippen LogP contribution in [0.2, 0.25) is 5.02 Å². The van der Waals surface area contributed by atoms with E-state index in [-0.39, 0.29) is 29.1 Å². The summed E-state index contributed by atoms with van der Waals surface area (Å²) in [6.07, 6.45) is 0.724. The third kappa shape index (κ3) is 8.01. The summed E-state index contributed by atoms with van der Waals surface area (Å²) < 4.78 is 34.2. The molecule has 220 valence electrons. The zero-order chi connectivity index (χ0) is 30.3. The molecule has 3 aromatic carbocycles. The van der Waals surface area contributed by atoms with Crippen LogP contribution in [-0.2, 0) is 26.2 Å². The summed E-state index contributed by atoms with van der Waals surface area (Å²) in [7, 11) is -2.61. The van der Waals surface area contributed by atoms with Crippen LogP contribution in [0.15, 0.2) is 71.6 Å². The third-order valence-corrected chi connectivity index (χ3v) is 9.21. The molecule has 0 spiro atoms. The fourth-order valence-corrected chi connectivity index (χ4v) is 5.66. The maximum absolute atomic E-state index is 14.0. The van der Waals surface area contributed by atoms with Gasteiger partial charge in [0.05, 0.1) is 17.7 Å². The molecule has 1 N–H and O–H groups in total. The summed E-state index contributed by atoms with van der Waals surface area (Å²) in [6.45, 7) is 8.71. The Hall–Kier alpha value is -3.56. The number of carbonyl (C=O) groups excluding carboxylic acids is 2. The van der Waals surface area contributed by atoms with Crippen molar-refractivity contribution in [2.75, 3.05) is 18.0 Å². The first-order valence-corrected chi connectivity index (χ1v) is 15.3. The van der Waals surface area contributed by atoms with Crippen LogP contribution < -0.4 is 14.4 Å². The van der Waals surface area contributed by atoms with Crippen LogP contribution in [-0.4, -0.2) is 50.9 Å². The van der Waals surface area contributed by atoms with E-state index < -0.39 is 28.5 Å². The highest BCUT2D eigenvalue weighted by Gasteiger charge is 2.33. The average molecular weight is 600 g/mol. The second-order valence-corrected chi connectivity index (χ2v) is 12.4. The van der Waals surface area contributed by atoms with Crippen LogP contribution in [0.4, 0.5) is 5.69 Å². The number of nitrogens with one attached hydrogen (secondary N) is 1. The number of halogens is 1. The van der Waals surface area contributed by atoms with Crippen molar-refractivity contribution in [3.05, 3.63) is 88.4 Å². The van der Waals surface area contributed by atoms with Gasteiger partial charge in [-0.2, -0.15) is 0 Å². The van der Waals surface area contributed by atoms with E-state index in [0.29, 0.717) is 10.8 Å². The van der Waals surface area contributed by atoms with Crippen molar-refractivity contribution in [3.63, 3.8) is 0 Å². The summed E-state index contributed by atoms with van der Waals surface area (Å²) in [5.41, 5.74) is 2.67. The van der Waals surface area contributed by atoms with E-state index in [9.17, 15) is 18.0 Å². The molecule has 0 radical (unpaired) electrons. The van der Waals surface area contributed by atoms with Gasteiger partial charge in [0.1, 0.15) is 18.3 Å². The maximum Gasteiger partial charge on any atom is 0.264 e. The molecule has 41 heavy (non-hydrogen) atoms. The standard InChI is InChI=1S/C31H38ClN3O5S/c1-7-23(4)33-31(37)24(5)34(19-25-11-14-27(40-6)15-12-25)30(36)20-35(26-13-10-22(3)29(32)18-26)41(38,39)28-16-8-21(2)9-17-28/h8-18,23-24H,7,19-20H2,1-6H3,(H,33,37)/t23-,24+/m1/s1. The van der Waals surface area contributed by atoms with Crippen molar-refractivity contribution in [2.45, 2.75) is 64.6 Å². The number of benzene rings is 3. The van der Waals surface area contributed by atoms with E-state index in [1.165, 1.54) is 23.1 Å². The lowest BCUT2D eigenvalue weighted by Gasteiger charge is -2.32. The highest BCUT2D eigenvalue weighted by Crippen LogP contribution is 2.29. The molecular weight excluding hydrogens is 562 g/mol. The monoisotopic (exact) mass is 599 g/mol. The fraction of sp³-hybridized carbons (Fsp3) is 0.355. The first-order chi connectivity index (χ1) is 19.4. The van der Waals surface area contributed by atoms with E-state index in [0.717, 1.165) is 27.4 Å². The second kappa shape index (κ2) is 13.9. The van der Waals surface area contributed by atoms with Gasteiger partial charge < -0.3 is 15.0 Å². The van der Waals surface area contributed by atoms with Crippen LogP contribution >= 0.6 is 11.6 Å². The van der Waals surface area contributed by atoms with Crippen LogP contribution in [0, 0.1) is 13.8 Å². The topological polar surface area (TPSA) is 96.0 Å². The van der Waals surface area contributed by atoms with Gasteiger partial charge in [-0.25, -0.2) is 8.42 Å². The Balaban J connectivity index is 2.04. The minimum absolute atomic E-state index is 0.0388. The summed E-state index contributed by atoms with van der Waals surface area (Å²) in [5.74, 6) is -0.214. The molecule has 0 aliphatic carbocycles. The van der Waals surface area contributed by atoms with Crippen molar-refractivity contribution in [3.8, 4) is 5.75 Å². The SMILES string of the molecule is CC[C@@H](C)NC(=O)[C@H](C)N(Cc1ccc(OC)cc1)C(=O)CN(c1ccc(C)c(Cl)c1)S(=O)(=O)c1ccc(C)cc1. The van der Waals surface area contributed by atoms with E-state index in [4.69, 9.17) is 16.3 Å².